The van der Waals surface area contributed by atoms with Gasteiger partial charge in [-0.3, -0.25) is 0 Å². The summed E-state index contributed by atoms with van der Waals surface area (Å²) in [6.45, 7) is 3.82. The first-order valence-electron chi connectivity index (χ1n) is 6.84. The molecule has 2 N–H and O–H groups in total. The van der Waals surface area contributed by atoms with Gasteiger partial charge in [-0.25, -0.2) is 9.59 Å². The third-order valence-electron chi connectivity index (χ3n) is 2.83. The highest BCUT2D eigenvalue weighted by Crippen LogP contribution is 2.21. The Morgan fingerprint density at radius 1 is 1.29 bits per heavy atom. The van der Waals surface area contributed by atoms with E-state index < -0.39 is 18.0 Å². The van der Waals surface area contributed by atoms with E-state index in [2.05, 4.69) is 0 Å². The second-order valence-electron chi connectivity index (χ2n) is 4.39. The Hall–Kier alpha value is -2.24. The zero-order chi connectivity index (χ0) is 15.8. The molecule has 0 aromatic heterocycles. The Labute approximate surface area is 124 Å². The van der Waals surface area contributed by atoms with Gasteiger partial charge in [-0.1, -0.05) is 13.3 Å². The van der Waals surface area contributed by atoms with Crippen LogP contribution in [-0.4, -0.2) is 31.8 Å². The molecule has 1 rings (SSSR count). The molecule has 21 heavy (non-hydrogen) atoms. The summed E-state index contributed by atoms with van der Waals surface area (Å²) in [5.74, 6) is -0.730. The Morgan fingerprint density at radius 3 is 2.57 bits per heavy atom. The Bertz CT molecular complexity index is 501. The van der Waals surface area contributed by atoms with Crippen molar-refractivity contribution < 1.29 is 23.8 Å². The highest BCUT2D eigenvalue weighted by atomic mass is 16.6. The monoisotopic (exact) mass is 295 g/mol. The van der Waals surface area contributed by atoms with Crippen LogP contribution in [0.1, 0.15) is 37.0 Å². The van der Waals surface area contributed by atoms with E-state index in [1.165, 1.54) is 13.2 Å². The summed E-state index contributed by atoms with van der Waals surface area (Å²) in [5, 5.41) is 0. The summed E-state index contributed by atoms with van der Waals surface area (Å²) in [7, 11) is 1.49. The van der Waals surface area contributed by atoms with Crippen LogP contribution in [0.15, 0.2) is 18.2 Å². The van der Waals surface area contributed by atoms with E-state index in [1.54, 1.807) is 19.1 Å². The summed E-state index contributed by atoms with van der Waals surface area (Å²) in [6.07, 6.45) is 0.159. The third-order valence-corrected chi connectivity index (χ3v) is 2.83. The summed E-state index contributed by atoms with van der Waals surface area (Å²) in [4.78, 5) is 23.9. The molecule has 1 aromatic carbocycles. The van der Waals surface area contributed by atoms with Crippen molar-refractivity contribution in [3.05, 3.63) is 23.8 Å². The molecule has 0 aliphatic heterocycles. The number of nitrogen functional groups attached to an aromatic ring is 1. The zero-order valence-corrected chi connectivity index (χ0v) is 12.5. The first-order valence-corrected chi connectivity index (χ1v) is 6.84. The average Bonchev–Trinajstić information content (AvgIpc) is 2.47. The SMILES string of the molecule is CCCC(OC(=O)c1cc(OC)ccc1N)C(=O)OCC. The van der Waals surface area contributed by atoms with Crippen LogP contribution in [-0.2, 0) is 14.3 Å². The van der Waals surface area contributed by atoms with Crippen molar-refractivity contribution in [2.45, 2.75) is 32.8 Å². The van der Waals surface area contributed by atoms with Gasteiger partial charge in [-0.05, 0) is 31.5 Å². The number of hydrogen-bond acceptors (Lipinski definition) is 6. The molecule has 0 heterocycles. The fourth-order valence-electron chi connectivity index (χ4n) is 1.75. The molecule has 0 spiro atoms. The molecule has 1 atom stereocenters. The van der Waals surface area contributed by atoms with E-state index in [0.717, 1.165) is 0 Å². The number of rotatable bonds is 7. The summed E-state index contributed by atoms with van der Waals surface area (Å²) in [5.41, 5.74) is 6.19. The van der Waals surface area contributed by atoms with Gasteiger partial charge in [0.2, 0.25) is 0 Å². The van der Waals surface area contributed by atoms with E-state index in [1.807, 2.05) is 6.92 Å². The molecular weight excluding hydrogens is 274 g/mol. The van der Waals surface area contributed by atoms with E-state index >= 15 is 0 Å². The lowest BCUT2D eigenvalue weighted by Gasteiger charge is -2.16. The van der Waals surface area contributed by atoms with Crippen LogP contribution in [0.25, 0.3) is 0 Å². The van der Waals surface area contributed by atoms with Crippen molar-refractivity contribution in [2.24, 2.45) is 0 Å². The van der Waals surface area contributed by atoms with Gasteiger partial charge in [0.1, 0.15) is 5.75 Å². The molecule has 1 unspecified atom stereocenters. The molecule has 0 amide bonds. The number of anilines is 1. The minimum atomic E-state index is -0.923. The van der Waals surface area contributed by atoms with Gasteiger partial charge in [0.05, 0.1) is 19.3 Å². The topological polar surface area (TPSA) is 87.9 Å². The van der Waals surface area contributed by atoms with Crippen molar-refractivity contribution in [2.75, 3.05) is 19.5 Å². The van der Waals surface area contributed by atoms with Crippen molar-refractivity contribution in [3.8, 4) is 5.75 Å². The van der Waals surface area contributed by atoms with Gasteiger partial charge >= 0.3 is 11.9 Å². The maximum Gasteiger partial charge on any atom is 0.347 e. The molecule has 0 fully saturated rings. The molecule has 0 saturated carbocycles. The first-order chi connectivity index (χ1) is 10.0. The van der Waals surface area contributed by atoms with Gasteiger partial charge in [-0.15, -0.1) is 0 Å². The largest absolute Gasteiger partial charge is 0.497 e. The number of methoxy groups -OCH3 is 1. The van der Waals surface area contributed by atoms with Gasteiger partial charge in [0, 0.05) is 5.69 Å². The van der Waals surface area contributed by atoms with Crippen LogP contribution in [0.3, 0.4) is 0 Å². The number of nitrogens with two attached hydrogens (primary N) is 1. The van der Waals surface area contributed by atoms with Crippen molar-refractivity contribution in [1.29, 1.82) is 0 Å². The van der Waals surface area contributed by atoms with Crippen LogP contribution in [0, 0.1) is 0 Å². The van der Waals surface area contributed by atoms with Crippen LogP contribution < -0.4 is 10.5 Å². The number of esters is 2. The number of hydrogen-bond donors (Lipinski definition) is 1. The summed E-state index contributed by atoms with van der Waals surface area (Å²) in [6, 6.07) is 4.67. The zero-order valence-electron chi connectivity index (χ0n) is 12.5. The van der Waals surface area contributed by atoms with Gasteiger partial charge < -0.3 is 19.9 Å². The molecule has 0 aliphatic carbocycles. The summed E-state index contributed by atoms with van der Waals surface area (Å²) >= 11 is 0. The van der Waals surface area contributed by atoms with Crippen LogP contribution in [0.5, 0.6) is 5.75 Å². The third kappa shape index (κ3) is 4.66. The number of ether oxygens (including phenoxy) is 3. The molecule has 6 nitrogen and oxygen atoms in total. The van der Waals surface area contributed by atoms with Gasteiger partial charge in [0.25, 0.3) is 0 Å². The predicted molar refractivity (Wildman–Crippen MR) is 78.2 cm³/mol. The highest BCUT2D eigenvalue weighted by molar-refractivity contribution is 5.96. The second kappa shape index (κ2) is 8.14. The lowest BCUT2D eigenvalue weighted by atomic mass is 10.1. The Morgan fingerprint density at radius 2 is 2.00 bits per heavy atom. The molecule has 0 radical (unpaired) electrons. The lowest BCUT2D eigenvalue weighted by molar-refractivity contribution is -0.153. The standard InChI is InChI=1S/C15H21NO5/c1-4-6-13(15(18)20-5-2)21-14(17)11-9-10(19-3)7-8-12(11)16/h7-9,13H,4-6,16H2,1-3H3. The molecule has 0 bridgehead atoms. The van der Waals surface area contributed by atoms with E-state index in [9.17, 15) is 9.59 Å². The summed E-state index contributed by atoms with van der Waals surface area (Å²) < 4.78 is 15.2. The van der Waals surface area contributed by atoms with Gasteiger partial charge in [-0.2, -0.15) is 0 Å². The lowest BCUT2D eigenvalue weighted by Crippen LogP contribution is -2.29. The number of carbonyl (C=O) groups excluding carboxylic acids is 2. The molecule has 116 valence electrons. The van der Waals surface area contributed by atoms with Gasteiger partial charge in [0.15, 0.2) is 6.10 Å². The minimum absolute atomic E-state index is 0.166. The first kappa shape index (κ1) is 16.8. The number of carbonyl (C=O) groups is 2. The van der Waals surface area contributed by atoms with Crippen molar-refractivity contribution in [1.82, 2.24) is 0 Å². The van der Waals surface area contributed by atoms with Crippen LogP contribution >= 0.6 is 0 Å². The fourth-order valence-corrected chi connectivity index (χ4v) is 1.75. The molecule has 1 aromatic rings. The fraction of sp³-hybridized carbons (Fsp3) is 0.467. The van der Waals surface area contributed by atoms with E-state index in [0.29, 0.717) is 18.6 Å². The smallest absolute Gasteiger partial charge is 0.347 e. The Balaban J connectivity index is 2.88. The van der Waals surface area contributed by atoms with E-state index in [4.69, 9.17) is 19.9 Å². The van der Waals surface area contributed by atoms with Crippen LogP contribution in [0.2, 0.25) is 0 Å². The highest BCUT2D eigenvalue weighted by Gasteiger charge is 2.25. The van der Waals surface area contributed by atoms with Crippen molar-refractivity contribution in [3.63, 3.8) is 0 Å². The number of benzene rings is 1. The van der Waals surface area contributed by atoms with Crippen molar-refractivity contribution >= 4 is 17.6 Å². The normalized spacial score (nSPS) is 11.6. The molecule has 0 saturated heterocycles. The maximum atomic E-state index is 12.2. The predicted octanol–water partition coefficient (Wildman–Crippen LogP) is 2.17. The van der Waals surface area contributed by atoms with Crippen LogP contribution in [0.4, 0.5) is 5.69 Å². The maximum absolute atomic E-state index is 12.2. The minimum Gasteiger partial charge on any atom is -0.497 e. The quantitative estimate of drug-likeness (QED) is 0.612. The molecule has 6 heteroatoms. The van der Waals surface area contributed by atoms with E-state index in [-0.39, 0.29) is 17.9 Å². The Kier molecular flexibility index (Phi) is 6.52. The molecular formula is C15H21NO5. The molecule has 0 aliphatic rings. The average molecular weight is 295 g/mol. The second-order valence-corrected chi connectivity index (χ2v) is 4.39.